The molecule has 1 fully saturated rings. The van der Waals surface area contributed by atoms with Gasteiger partial charge in [-0.3, -0.25) is 24.7 Å². The molecule has 0 radical (unpaired) electrons. The second-order valence-corrected chi connectivity index (χ2v) is 8.64. The van der Waals surface area contributed by atoms with E-state index < -0.39 is 4.92 Å². The second-order valence-electron chi connectivity index (χ2n) is 8.20. The number of anilines is 1. The third kappa shape index (κ3) is 5.58. The van der Waals surface area contributed by atoms with Crippen molar-refractivity contribution in [3.8, 4) is 0 Å². The number of nitro groups is 1. The summed E-state index contributed by atoms with van der Waals surface area (Å²) in [6.07, 6.45) is 1.66. The first-order valence-electron chi connectivity index (χ1n) is 11.1. The molecular weight excluding hydrogens is 470 g/mol. The maximum absolute atomic E-state index is 13.1. The normalized spacial score (nSPS) is 14.3. The molecule has 1 saturated heterocycles. The number of carbonyl (C=O) groups excluding carboxylic acids is 2. The molecule has 0 spiro atoms. The minimum atomic E-state index is -0.507. The molecule has 2 heterocycles. The van der Waals surface area contributed by atoms with Crippen molar-refractivity contribution in [1.82, 2.24) is 14.8 Å². The topological polar surface area (TPSA) is 109 Å². The van der Waals surface area contributed by atoms with Gasteiger partial charge in [0.2, 0.25) is 0 Å². The molecule has 180 valence electrons. The fourth-order valence-electron chi connectivity index (χ4n) is 3.95. The van der Waals surface area contributed by atoms with Gasteiger partial charge in [0.15, 0.2) is 0 Å². The number of halogens is 1. The van der Waals surface area contributed by atoms with Gasteiger partial charge in [-0.1, -0.05) is 17.7 Å². The summed E-state index contributed by atoms with van der Waals surface area (Å²) in [6.45, 7) is 3.27. The van der Waals surface area contributed by atoms with E-state index in [1.54, 1.807) is 58.5 Å². The Bertz CT molecular complexity index is 1230. The molecule has 3 aromatic rings. The molecule has 2 aromatic carbocycles. The molecule has 0 saturated carbocycles. The molecule has 1 aliphatic heterocycles. The van der Waals surface area contributed by atoms with Crippen LogP contribution in [0.4, 0.5) is 11.4 Å². The monoisotopic (exact) mass is 493 g/mol. The van der Waals surface area contributed by atoms with E-state index in [4.69, 9.17) is 11.6 Å². The lowest BCUT2D eigenvalue weighted by Crippen LogP contribution is -2.50. The van der Waals surface area contributed by atoms with E-state index >= 15 is 0 Å². The maximum Gasteiger partial charge on any atom is 0.293 e. The van der Waals surface area contributed by atoms with Gasteiger partial charge in [0.05, 0.1) is 16.7 Å². The van der Waals surface area contributed by atoms with Gasteiger partial charge >= 0.3 is 0 Å². The quantitative estimate of drug-likeness (QED) is 0.402. The Morgan fingerprint density at radius 2 is 1.57 bits per heavy atom. The Morgan fingerprint density at radius 1 is 0.971 bits per heavy atom. The molecule has 35 heavy (non-hydrogen) atoms. The average molecular weight is 494 g/mol. The van der Waals surface area contributed by atoms with E-state index in [0.29, 0.717) is 42.5 Å². The summed E-state index contributed by atoms with van der Waals surface area (Å²) >= 11 is 5.89. The number of rotatable bonds is 6. The third-order valence-corrected chi connectivity index (χ3v) is 6.14. The zero-order valence-electron chi connectivity index (χ0n) is 19.1. The first-order chi connectivity index (χ1) is 16.8. The molecule has 1 N–H and O–H groups in total. The Kier molecular flexibility index (Phi) is 7.26. The van der Waals surface area contributed by atoms with E-state index in [1.165, 1.54) is 6.07 Å². The van der Waals surface area contributed by atoms with Gasteiger partial charge in [-0.2, -0.15) is 0 Å². The highest BCUT2D eigenvalue weighted by Gasteiger charge is 2.27. The Balaban J connectivity index is 1.43. The largest absolute Gasteiger partial charge is 0.371 e. The molecule has 10 heteroatoms. The molecule has 1 atom stereocenters. The fraction of sp³-hybridized carbons (Fsp3) is 0.240. The molecule has 1 unspecified atom stereocenters. The van der Waals surface area contributed by atoms with Crippen molar-refractivity contribution in [3.63, 3.8) is 0 Å². The molecular formula is C25H24ClN5O4. The van der Waals surface area contributed by atoms with Crippen LogP contribution in [0.3, 0.4) is 0 Å². The number of carbonyl (C=O) groups is 2. The number of hydrogen-bond donors (Lipinski definition) is 1. The minimum Gasteiger partial charge on any atom is -0.371 e. The summed E-state index contributed by atoms with van der Waals surface area (Å²) < 4.78 is 0. The predicted octanol–water partition coefficient (Wildman–Crippen LogP) is 4.41. The third-order valence-electron chi connectivity index (χ3n) is 5.89. The predicted molar refractivity (Wildman–Crippen MR) is 133 cm³/mol. The van der Waals surface area contributed by atoms with Crippen LogP contribution in [0.2, 0.25) is 5.02 Å². The Labute approximate surface area is 207 Å². The number of nitro benzene ring substituents is 1. The number of nitrogens with one attached hydrogen (secondary N) is 1. The number of hydrogen-bond acceptors (Lipinski definition) is 6. The maximum atomic E-state index is 13.1. The number of aromatic nitrogens is 1. The zero-order valence-corrected chi connectivity index (χ0v) is 19.8. The highest BCUT2D eigenvalue weighted by atomic mass is 35.5. The van der Waals surface area contributed by atoms with Crippen molar-refractivity contribution in [1.29, 1.82) is 0 Å². The van der Waals surface area contributed by atoms with Gasteiger partial charge < -0.3 is 15.1 Å². The van der Waals surface area contributed by atoms with Crippen LogP contribution in [0.5, 0.6) is 0 Å². The molecule has 1 aromatic heterocycles. The number of piperazine rings is 1. The van der Waals surface area contributed by atoms with Crippen LogP contribution in [0.1, 0.15) is 39.4 Å². The van der Waals surface area contributed by atoms with E-state index in [-0.39, 0.29) is 29.1 Å². The van der Waals surface area contributed by atoms with E-state index in [9.17, 15) is 19.7 Å². The van der Waals surface area contributed by atoms with Gasteiger partial charge in [0.25, 0.3) is 17.5 Å². The number of amides is 2. The van der Waals surface area contributed by atoms with E-state index in [1.807, 2.05) is 19.1 Å². The average Bonchev–Trinajstić information content (AvgIpc) is 2.89. The zero-order chi connectivity index (χ0) is 24.9. The Hall–Kier alpha value is -3.98. The van der Waals surface area contributed by atoms with Crippen molar-refractivity contribution in [2.24, 2.45) is 0 Å². The first kappa shape index (κ1) is 24.2. The summed E-state index contributed by atoms with van der Waals surface area (Å²) in [5.74, 6) is -0.433. The van der Waals surface area contributed by atoms with Gasteiger partial charge in [-0.05, 0) is 55.5 Å². The molecule has 9 nitrogen and oxygen atoms in total. The second kappa shape index (κ2) is 10.5. The van der Waals surface area contributed by atoms with Gasteiger partial charge in [-0.25, -0.2) is 0 Å². The van der Waals surface area contributed by atoms with Crippen LogP contribution < -0.4 is 5.32 Å². The van der Waals surface area contributed by atoms with Crippen LogP contribution in [-0.4, -0.2) is 57.7 Å². The van der Waals surface area contributed by atoms with Gasteiger partial charge in [0, 0.05) is 54.6 Å². The molecule has 1 aliphatic rings. The SMILES string of the molecule is CC(Nc1ccc(C(=O)N2CCN(C(=O)c3ccc(Cl)cc3)CC2)cc1[N+](=O)[O-])c1ccccn1. The smallest absolute Gasteiger partial charge is 0.293 e. The standard InChI is InChI=1S/C25H24ClN5O4/c1-17(21-4-2-3-11-27-21)28-22-10-7-19(16-23(22)31(34)35)25(33)30-14-12-29(13-15-30)24(32)18-5-8-20(26)9-6-18/h2-11,16-17,28H,12-15H2,1H3. The van der Waals surface area contributed by atoms with Crippen LogP contribution in [0.15, 0.2) is 66.9 Å². The van der Waals surface area contributed by atoms with Gasteiger partial charge in [-0.15, -0.1) is 0 Å². The van der Waals surface area contributed by atoms with Crippen LogP contribution in [-0.2, 0) is 0 Å². The molecule has 2 amide bonds. The fourth-order valence-corrected chi connectivity index (χ4v) is 4.07. The minimum absolute atomic E-state index is 0.123. The number of nitrogens with zero attached hydrogens (tertiary/aromatic N) is 4. The summed E-state index contributed by atoms with van der Waals surface area (Å²) in [4.78, 5) is 44.6. The number of benzene rings is 2. The van der Waals surface area contributed by atoms with Crippen molar-refractivity contribution >= 4 is 34.8 Å². The van der Waals surface area contributed by atoms with Crippen molar-refractivity contribution in [2.45, 2.75) is 13.0 Å². The van der Waals surface area contributed by atoms with Crippen molar-refractivity contribution in [2.75, 3.05) is 31.5 Å². The van der Waals surface area contributed by atoms with E-state index in [0.717, 1.165) is 5.69 Å². The molecule has 0 bridgehead atoms. The Morgan fingerprint density at radius 3 is 2.14 bits per heavy atom. The van der Waals surface area contributed by atoms with Crippen molar-refractivity contribution in [3.05, 3.63) is 98.8 Å². The first-order valence-corrected chi connectivity index (χ1v) is 11.5. The van der Waals surface area contributed by atoms with Gasteiger partial charge in [0.1, 0.15) is 5.69 Å². The lowest BCUT2D eigenvalue weighted by molar-refractivity contribution is -0.384. The summed E-state index contributed by atoms with van der Waals surface area (Å²) in [6, 6.07) is 16.3. The highest BCUT2D eigenvalue weighted by molar-refractivity contribution is 6.30. The van der Waals surface area contributed by atoms with Crippen LogP contribution in [0, 0.1) is 10.1 Å². The van der Waals surface area contributed by atoms with E-state index in [2.05, 4.69) is 10.3 Å². The van der Waals surface area contributed by atoms with Crippen molar-refractivity contribution < 1.29 is 14.5 Å². The summed E-state index contributed by atoms with van der Waals surface area (Å²) in [7, 11) is 0. The van der Waals surface area contributed by atoms with Crippen LogP contribution in [0.25, 0.3) is 0 Å². The molecule has 0 aliphatic carbocycles. The lowest BCUT2D eigenvalue weighted by atomic mass is 10.1. The van der Waals surface area contributed by atoms with Crippen LogP contribution >= 0.6 is 11.6 Å². The lowest BCUT2D eigenvalue weighted by Gasteiger charge is -2.35. The number of pyridine rings is 1. The highest BCUT2D eigenvalue weighted by Crippen LogP contribution is 2.29. The molecule has 4 rings (SSSR count). The summed E-state index contributed by atoms with van der Waals surface area (Å²) in [5, 5.41) is 15.4. The summed E-state index contributed by atoms with van der Waals surface area (Å²) in [5.41, 5.74) is 1.63.